The van der Waals surface area contributed by atoms with Gasteiger partial charge in [0.25, 0.3) is 0 Å². The van der Waals surface area contributed by atoms with Crippen LogP contribution in [-0.2, 0) is 0 Å². The van der Waals surface area contributed by atoms with Crippen LogP contribution in [0, 0.1) is 0 Å². The van der Waals surface area contributed by atoms with Gasteiger partial charge in [0.2, 0.25) is 0 Å². The SMILES string of the molecule is C=C/C=C(\C=C/N)SC. The highest BCUT2D eigenvalue weighted by molar-refractivity contribution is 8.02. The van der Waals surface area contributed by atoms with Crippen LogP contribution in [0.3, 0.4) is 0 Å². The second kappa shape index (κ2) is 5.51. The van der Waals surface area contributed by atoms with Crippen molar-refractivity contribution in [2.45, 2.75) is 0 Å². The summed E-state index contributed by atoms with van der Waals surface area (Å²) >= 11 is 1.64. The van der Waals surface area contributed by atoms with Gasteiger partial charge in [0.15, 0.2) is 0 Å². The average Bonchev–Trinajstić information content (AvgIpc) is 1.88. The zero-order valence-electron chi connectivity index (χ0n) is 5.50. The predicted octanol–water partition coefficient (Wildman–Crippen LogP) is 1.89. The number of nitrogens with two attached hydrogens (primary N) is 1. The molecule has 0 aromatic carbocycles. The highest BCUT2D eigenvalue weighted by Gasteiger charge is 1.81. The molecule has 0 aliphatic rings. The van der Waals surface area contributed by atoms with Crippen LogP contribution >= 0.6 is 11.8 Å². The molecule has 0 atom stereocenters. The van der Waals surface area contributed by atoms with E-state index < -0.39 is 0 Å². The van der Waals surface area contributed by atoms with E-state index >= 15 is 0 Å². The molecule has 0 rings (SSSR count). The van der Waals surface area contributed by atoms with Crippen molar-refractivity contribution in [3.05, 3.63) is 35.9 Å². The third-order valence-electron chi connectivity index (χ3n) is 0.778. The zero-order valence-corrected chi connectivity index (χ0v) is 6.32. The van der Waals surface area contributed by atoms with Gasteiger partial charge >= 0.3 is 0 Å². The van der Waals surface area contributed by atoms with Crippen molar-refractivity contribution in [1.29, 1.82) is 0 Å². The summed E-state index contributed by atoms with van der Waals surface area (Å²) in [5.74, 6) is 0. The summed E-state index contributed by atoms with van der Waals surface area (Å²) in [5.41, 5.74) is 5.17. The van der Waals surface area contributed by atoms with Gasteiger partial charge in [-0.15, -0.1) is 11.8 Å². The highest BCUT2D eigenvalue weighted by atomic mass is 32.2. The fourth-order valence-electron chi connectivity index (χ4n) is 0.403. The quantitative estimate of drug-likeness (QED) is 0.607. The van der Waals surface area contributed by atoms with Crippen molar-refractivity contribution in [2.24, 2.45) is 5.73 Å². The van der Waals surface area contributed by atoms with E-state index in [9.17, 15) is 0 Å². The van der Waals surface area contributed by atoms with Crippen LogP contribution in [0.5, 0.6) is 0 Å². The molecule has 0 bridgehead atoms. The smallest absolute Gasteiger partial charge is 0.00831 e. The summed E-state index contributed by atoms with van der Waals surface area (Å²) in [5, 5.41) is 0. The largest absolute Gasteiger partial charge is 0.405 e. The van der Waals surface area contributed by atoms with Crippen molar-refractivity contribution in [2.75, 3.05) is 6.26 Å². The molecule has 0 spiro atoms. The molecule has 0 aliphatic heterocycles. The lowest BCUT2D eigenvalue weighted by atomic mass is 10.4. The Bertz CT molecular complexity index is 136. The molecule has 0 aromatic heterocycles. The Labute approximate surface area is 60.3 Å². The van der Waals surface area contributed by atoms with Crippen LogP contribution in [-0.4, -0.2) is 6.26 Å². The first kappa shape index (κ1) is 8.37. The van der Waals surface area contributed by atoms with E-state index in [2.05, 4.69) is 6.58 Å². The Morgan fingerprint density at radius 2 is 2.33 bits per heavy atom. The molecule has 0 heterocycles. The van der Waals surface area contributed by atoms with Gasteiger partial charge in [-0.2, -0.15) is 0 Å². The van der Waals surface area contributed by atoms with Gasteiger partial charge in [-0.1, -0.05) is 12.7 Å². The number of hydrogen-bond acceptors (Lipinski definition) is 2. The molecule has 0 fully saturated rings. The second-order valence-corrected chi connectivity index (χ2v) is 2.25. The molecule has 2 N–H and O–H groups in total. The molecule has 1 nitrogen and oxygen atoms in total. The van der Waals surface area contributed by atoms with Crippen molar-refractivity contribution < 1.29 is 0 Å². The highest BCUT2D eigenvalue weighted by Crippen LogP contribution is 2.11. The van der Waals surface area contributed by atoms with Crippen LogP contribution in [0.4, 0.5) is 0 Å². The number of rotatable bonds is 3. The lowest BCUT2D eigenvalue weighted by Gasteiger charge is -1.90. The van der Waals surface area contributed by atoms with E-state index in [4.69, 9.17) is 5.73 Å². The molecule has 0 saturated carbocycles. The first-order valence-electron chi connectivity index (χ1n) is 2.60. The molecular formula is C7H11NS. The molecule has 0 saturated heterocycles. The summed E-state index contributed by atoms with van der Waals surface area (Å²) < 4.78 is 0. The van der Waals surface area contributed by atoms with Crippen molar-refractivity contribution in [3.63, 3.8) is 0 Å². The monoisotopic (exact) mass is 141 g/mol. The van der Waals surface area contributed by atoms with E-state index in [0.29, 0.717) is 0 Å². The minimum atomic E-state index is 1.12. The summed E-state index contributed by atoms with van der Waals surface area (Å²) in [6.45, 7) is 3.57. The predicted molar refractivity (Wildman–Crippen MR) is 45.1 cm³/mol. The fourth-order valence-corrected chi connectivity index (χ4v) is 0.850. The van der Waals surface area contributed by atoms with Crippen LogP contribution in [0.25, 0.3) is 0 Å². The minimum absolute atomic E-state index is 1.12. The standard InChI is InChI=1S/C7H11NS/c1-3-4-7(9-2)5-6-8/h3-6H,1,8H2,2H3/b6-5-,7-4+. The lowest BCUT2D eigenvalue weighted by molar-refractivity contribution is 1.59. The van der Waals surface area contributed by atoms with Gasteiger partial charge < -0.3 is 5.73 Å². The number of allylic oxidation sites excluding steroid dienone is 3. The summed E-state index contributed by atoms with van der Waals surface area (Å²) in [6, 6.07) is 0. The minimum Gasteiger partial charge on any atom is -0.405 e. The normalized spacial score (nSPS) is 12.3. The Hall–Kier alpha value is -0.630. The molecule has 9 heavy (non-hydrogen) atoms. The summed E-state index contributed by atoms with van der Waals surface area (Å²) in [4.78, 5) is 1.12. The van der Waals surface area contributed by atoms with Gasteiger partial charge in [0.1, 0.15) is 0 Å². The van der Waals surface area contributed by atoms with Crippen molar-refractivity contribution >= 4 is 11.8 Å². The van der Waals surface area contributed by atoms with Crippen LogP contribution in [0.1, 0.15) is 0 Å². The lowest BCUT2D eigenvalue weighted by Crippen LogP contribution is -1.76. The van der Waals surface area contributed by atoms with Crippen molar-refractivity contribution in [1.82, 2.24) is 0 Å². The van der Waals surface area contributed by atoms with Crippen LogP contribution in [0.2, 0.25) is 0 Å². The maximum Gasteiger partial charge on any atom is 0.00831 e. The molecule has 50 valence electrons. The Morgan fingerprint density at radius 1 is 1.67 bits per heavy atom. The van der Waals surface area contributed by atoms with Crippen LogP contribution < -0.4 is 5.73 Å². The van der Waals surface area contributed by atoms with Crippen LogP contribution in [0.15, 0.2) is 35.9 Å². The molecule has 0 unspecified atom stereocenters. The topological polar surface area (TPSA) is 26.0 Å². The van der Waals surface area contributed by atoms with Gasteiger partial charge in [-0.25, -0.2) is 0 Å². The molecule has 0 aliphatic carbocycles. The maximum absolute atomic E-state index is 5.17. The van der Waals surface area contributed by atoms with E-state index in [-0.39, 0.29) is 0 Å². The third kappa shape index (κ3) is 3.91. The Balaban J connectivity index is 3.96. The zero-order chi connectivity index (χ0) is 7.11. The third-order valence-corrected chi connectivity index (χ3v) is 1.52. The molecule has 0 amide bonds. The number of hydrogen-bond donors (Lipinski definition) is 1. The molecule has 0 aromatic rings. The number of thioether (sulfide) groups is 1. The average molecular weight is 141 g/mol. The second-order valence-electron chi connectivity index (χ2n) is 1.37. The first-order valence-corrected chi connectivity index (χ1v) is 3.82. The van der Waals surface area contributed by atoms with Gasteiger partial charge in [-0.3, -0.25) is 0 Å². The van der Waals surface area contributed by atoms with E-state index in [1.54, 1.807) is 17.8 Å². The fraction of sp³-hybridized carbons (Fsp3) is 0.143. The van der Waals surface area contributed by atoms with Crippen molar-refractivity contribution in [3.8, 4) is 0 Å². The Morgan fingerprint density at radius 3 is 2.67 bits per heavy atom. The first-order chi connectivity index (χ1) is 4.35. The van der Waals surface area contributed by atoms with E-state index in [1.165, 1.54) is 6.20 Å². The molecule has 2 heteroatoms. The summed E-state index contributed by atoms with van der Waals surface area (Å²) in [7, 11) is 0. The molecular weight excluding hydrogens is 130 g/mol. The Kier molecular flexibility index (Phi) is 5.12. The van der Waals surface area contributed by atoms with E-state index in [0.717, 1.165) is 4.91 Å². The summed E-state index contributed by atoms with van der Waals surface area (Å²) in [6.07, 6.45) is 9.01. The van der Waals surface area contributed by atoms with Gasteiger partial charge in [0.05, 0.1) is 0 Å². The van der Waals surface area contributed by atoms with E-state index in [1.807, 2.05) is 18.4 Å². The van der Waals surface area contributed by atoms with Gasteiger partial charge in [0, 0.05) is 4.91 Å². The maximum atomic E-state index is 5.17. The molecule has 0 radical (unpaired) electrons. The van der Waals surface area contributed by atoms with Gasteiger partial charge in [-0.05, 0) is 24.6 Å².